The van der Waals surface area contributed by atoms with Crippen LogP contribution < -0.4 is 16.2 Å². The fourth-order valence-electron chi connectivity index (χ4n) is 1.13. The van der Waals surface area contributed by atoms with Gasteiger partial charge in [0.05, 0.1) is 10.7 Å². The summed E-state index contributed by atoms with van der Waals surface area (Å²) in [5.74, 6) is 6.48. The summed E-state index contributed by atoms with van der Waals surface area (Å²) in [4.78, 5) is 14.2. The van der Waals surface area contributed by atoms with E-state index in [1.807, 2.05) is 14.1 Å². The molecule has 0 amide bonds. The van der Waals surface area contributed by atoms with Gasteiger partial charge in [0.15, 0.2) is 0 Å². The number of aromatic nitrogens is 5. The van der Waals surface area contributed by atoms with Gasteiger partial charge in [0.25, 0.3) is 5.95 Å². The number of rotatable bonds is 3. The zero-order chi connectivity index (χ0) is 12.4. The molecule has 0 atom stereocenters. The minimum atomic E-state index is 0.283. The summed E-state index contributed by atoms with van der Waals surface area (Å²) < 4.78 is 2.37. The van der Waals surface area contributed by atoms with Crippen molar-refractivity contribution in [2.45, 2.75) is 0 Å². The summed E-state index contributed by atoms with van der Waals surface area (Å²) in [7, 11) is 3.66. The first kappa shape index (κ1) is 11.7. The van der Waals surface area contributed by atoms with Crippen LogP contribution in [0, 0.1) is 0 Å². The van der Waals surface area contributed by atoms with Crippen molar-refractivity contribution in [3.63, 3.8) is 0 Å². The van der Waals surface area contributed by atoms with Crippen LogP contribution in [0.1, 0.15) is 0 Å². The smallest absolute Gasteiger partial charge is 0.257 e. The quantitative estimate of drug-likeness (QED) is 0.616. The third kappa shape index (κ3) is 2.50. The zero-order valence-electron chi connectivity index (χ0n) is 9.29. The van der Waals surface area contributed by atoms with Crippen molar-refractivity contribution in [3.05, 3.63) is 16.9 Å². The number of nitrogens with zero attached hydrogens (tertiary/aromatic N) is 6. The lowest BCUT2D eigenvalue weighted by Crippen LogP contribution is -2.19. The topological polar surface area (TPSA) is 97.8 Å². The monoisotopic (exact) mass is 298 g/mol. The maximum Gasteiger partial charge on any atom is 0.257 e. The summed E-state index contributed by atoms with van der Waals surface area (Å²) in [5, 5.41) is 4.09. The fourth-order valence-corrected chi connectivity index (χ4v) is 1.42. The number of nitrogens with one attached hydrogen (secondary N) is 1. The van der Waals surface area contributed by atoms with E-state index < -0.39 is 0 Å². The average Bonchev–Trinajstić information content (AvgIpc) is 2.75. The van der Waals surface area contributed by atoms with E-state index >= 15 is 0 Å². The number of hydrogen-bond donors (Lipinski definition) is 2. The number of nitrogen functional groups attached to an aromatic ring is 1. The highest BCUT2D eigenvalue weighted by atomic mass is 79.9. The van der Waals surface area contributed by atoms with E-state index in [4.69, 9.17) is 5.84 Å². The SMILES string of the molecule is CN(C)c1nc(NN)nc(-n2cc(Br)cn2)n1. The van der Waals surface area contributed by atoms with E-state index in [2.05, 4.69) is 41.4 Å². The molecule has 0 bridgehead atoms. The molecule has 0 saturated carbocycles. The lowest BCUT2D eigenvalue weighted by Gasteiger charge is -2.11. The Balaban J connectivity index is 2.49. The van der Waals surface area contributed by atoms with Crippen LogP contribution in [0.4, 0.5) is 11.9 Å². The van der Waals surface area contributed by atoms with Gasteiger partial charge in [-0.2, -0.15) is 20.1 Å². The molecule has 17 heavy (non-hydrogen) atoms. The second-order valence-electron chi connectivity index (χ2n) is 3.40. The van der Waals surface area contributed by atoms with Crippen molar-refractivity contribution in [2.24, 2.45) is 5.84 Å². The molecule has 2 heterocycles. The van der Waals surface area contributed by atoms with Crippen molar-refractivity contribution in [2.75, 3.05) is 24.4 Å². The normalized spacial score (nSPS) is 10.4. The van der Waals surface area contributed by atoms with Crippen molar-refractivity contribution >= 4 is 27.8 Å². The van der Waals surface area contributed by atoms with Gasteiger partial charge in [-0.05, 0) is 15.9 Å². The van der Waals surface area contributed by atoms with Crippen LogP contribution in [0.25, 0.3) is 5.95 Å². The van der Waals surface area contributed by atoms with Gasteiger partial charge < -0.3 is 4.90 Å². The number of hydrazine groups is 1. The van der Waals surface area contributed by atoms with Gasteiger partial charge in [-0.3, -0.25) is 5.43 Å². The maximum absolute atomic E-state index is 5.31. The Morgan fingerprint density at radius 1 is 1.35 bits per heavy atom. The molecule has 0 spiro atoms. The molecule has 2 rings (SSSR count). The van der Waals surface area contributed by atoms with Gasteiger partial charge in [-0.15, -0.1) is 0 Å². The molecule has 8 nitrogen and oxygen atoms in total. The first-order chi connectivity index (χ1) is 8.10. The Hall–Kier alpha value is -1.74. The third-order valence-corrected chi connectivity index (χ3v) is 2.31. The lowest BCUT2D eigenvalue weighted by atomic mass is 10.7. The maximum atomic E-state index is 5.31. The molecule has 0 aliphatic carbocycles. The summed E-state index contributed by atoms with van der Waals surface area (Å²) in [6.07, 6.45) is 3.39. The minimum Gasteiger partial charge on any atom is -0.347 e. The second kappa shape index (κ2) is 4.63. The summed E-state index contributed by atoms with van der Waals surface area (Å²) in [6.45, 7) is 0. The summed E-state index contributed by atoms with van der Waals surface area (Å²) >= 11 is 3.31. The molecule has 0 aromatic carbocycles. The Labute approximate surface area is 106 Å². The molecule has 0 aliphatic rings. The number of anilines is 2. The molecular formula is C8H11BrN8. The van der Waals surface area contributed by atoms with Crippen LogP contribution in [0.3, 0.4) is 0 Å². The molecule has 0 aliphatic heterocycles. The molecule has 2 aromatic rings. The molecule has 90 valence electrons. The second-order valence-corrected chi connectivity index (χ2v) is 4.32. The van der Waals surface area contributed by atoms with Gasteiger partial charge in [-0.1, -0.05) is 0 Å². The summed E-state index contributed by atoms with van der Waals surface area (Å²) in [5.41, 5.74) is 2.40. The van der Waals surface area contributed by atoms with Gasteiger partial charge in [0.1, 0.15) is 0 Å². The molecule has 0 saturated heterocycles. The molecule has 0 fully saturated rings. The largest absolute Gasteiger partial charge is 0.347 e. The highest BCUT2D eigenvalue weighted by molar-refractivity contribution is 9.10. The van der Waals surface area contributed by atoms with E-state index in [-0.39, 0.29) is 5.95 Å². The number of hydrogen-bond acceptors (Lipinski definition) is 7. The summed E-state index contributed by atoms with van der Waals surface area (Å²) in [6, 6.07) is 0. The van der Waals surface area contributed by atoms with Crippen molar-refractivity contribution in [1.82, 2.24) is 24.7 Å². The highest BCUT2D eigenvalue weighted by Crippen LogP contribution is 2.13. The Morgan fingerprint density at radius 2 is 2.12 bits per heavy atom. The Bertz CT molecular complexity index is 522. The van der Waals surface area contributed by atoms with Crippen LogP contribution in [-0.2, 0) is 0 Å². The number of nitrogens with two attached hydrogens (primary N) is 1. The van der Waals surface area contributed by atoms with Crippen molar-refractivity contribution in [1.29, 1.82) is 0 Å². The highest BCUT2D eigenvalue weighted by Gasteiger charge is 2.09. The van der Waals surface area contributed by atoms with Crippen LogP contribution in [0.15, 0.2) is 16.9 Å². The standard InChI is InChI=1S/C8H11BrN8/c1-16(2)7-12-6(15-10)13-8(14-7)17-4-5(9)3-11-17/h3-4H,10H2,1-2H3,(H,12,13,14,15). The van der Waals surface area contributed by atoms with E-state index in [1.54, 1.807) is 17.3 Å². The van der Waals surface area contributed by atoms with Crippen LogP contribution >= 0.6 is 15.9 Å². The first-order valence-electron chi connectivity index (χ1n) is 4.70. The van der Waals surface area contributed by atoms with Gasteiger partial charge in [0.2, 0.25) is 11.9 Å². The first-order valence-corrected chi connectivity index (χ1v) is 5.50. The molecule has 2 aromatic heterocycles. The minimum absolute atomic E-state index is 0.283. The Kier molecular flexibility index (Phi) is 3.20. The van der Waals surface area contributed by atoms with Crippen LogP contribution in [0.5, 0.6) is 0 Å². The predicted molar refractivity (Wildman–Crippen MR) is 66.8 cm³/mol. The zero-order valence-corrected chi connectivity index (χ0v) is 10.9. The number of halogens is 1. The molecule has 3 N–H and O–H groups in total. The van der Waals surface area contributed by atoms with E-state index in [1.165, 1.54) is 4.68 Å². The lowest BCUT2D eigenvalue weighted by molar-refractivity contribution is 0.789. The van der Waals surface area contributed by atoms with Gasteiger partial charge >= 0.3 is 0 Å². The van der Waals surface area contributed by atoms with E-state index in [0.717, 1.165) is 4.47 Å². The van der Waals surface area contributed by atoms with Gasteiger partial charge in [0, 0.05) is 20.3 Å². The molecule has 9 heteroatoms. The van der Waals surface area contributed by atoms with Crippen molar-refractivity contribution < 1.29 is 0 Å². The molecule has 0 unspecified atom stereocenters. The Morgan fingerprint density at radius 3 is 2.65 bits per heavy atom. The van der Waals surface area contributed by atoms with Gasteiger partial charge in [-0.25, -0.2) is 10.5 Å². The predicted octanol–water partition coefficient (Wildman–Crippen LogP) is 0.171. The van der Waals surface area contributed by atoms with E-state index in [0.29, 0.717) is 11.9 Å². The fraction of sp³-hybridized carbons (Fsp3) is 0.250. The average molecular weight is 299 g/mol. The van der Waals surface area contributed by atoms with E-state index in [9.17, 15) is 0 Å². The van der Waals surface area contributed by atoms with Crippen molar-refractivity contribution in [3.8, 4) is 5.95 Å². The third-order valence-electron chi connectivity index (χ3n) is 1.90. The van der Waals surface area contributed by atoms with Crippen LogP contribution in [-0.4, -0.2) is 38.8 Å². The molecular weight excluding hydrogens is 288 g/mol. The van der Waals surface area contributed by atoms with Crippen LogP contribution in [0.2, 0.25) is 0 Å². The molecule has 0 radical (unpaired) electrons.